The second-order valence-corrected chi connectivity index (χ2v) is 7.87. The molecule has 6 nitrogen and oxygen atoms in total. The summed E-state index contributed by atoms with van der Waals surface area (Å²) in [7, 11) is -3.60. The van der Waals surface area contributed by atoms with Gasteiger partial charge in [-0.3, -0.25) is 4.79 Å². The fourth-order valence-corrected chi connectivity index (χ4v) is 4.37. The fraction of sp³-hybridized carbons (Fsp3) is 0.316. The minimum absolute atomic E-state index is 0.131. The van der Waals surface area contributed by atoms with E-state index >= 15 is 0 Å². The van der Waals surface area contributed by atoms with Crippen LogP contribution in [0.15, 0.2) is 47.4 Å². The number of amides is 1. The van der Waals surface area contributed by atoms with Gasteiger partial charge in [0.1, 0.15) is 5.75 Å². The highest BCUT2D eigenvalue weighted by Gasteiger charge is 2.24. The van der Waals surface area contributed by atoms with Crippen LogP contribution < -0.4 is 5.32 Å². The molecule has 2 aromatic carbocycles. The molecule has 0 saturated carbocycles. The van der Waals surface area contributed by atoms with Gasteiger partial charge in [0.2, 0.25) is 15.9 Å². The zero-order chi connectivity index (χ0) is 19.3. The quantitative estimate of drug-likeness (QED) is 0.778. The SMILES string of the molecule is CCN(CC)S(=O)(=O)c1cc(NC(=O)Cc2ccc(O)cc2)ccc1C. The number of anilines is 1. The number of nitrogens with one attached hydrogen (secondary N) is 1. The van der Waals surface area contributed by atoms with Crippen LogP contribution in [0.5, 0.6) is 5.75 Å². The summed E-state index contributed by atoms with van der Waals surface area (Å²) in [6.07, 6.45) is 0.131. The number of aryl methyl sites for hydroxylation is 1. The van der Waals surface area contributed by atoms with Crippen LogP contribution in [0.1, 0.15) is 25.0 Å². The average Bonchev–Trinajstić information content (AvgIpc) is 2.59. The Kier molecular flexibility index (Phi) is 6.39. The Morgan fingerprint density at radius 2 is 1.69 bits per heavy atom. The topological polar surface area (TPSA) is 86.7 Å². The first-order chi connectivity index (χ1) is 12.3. The number of hydrogen-bond donors (Lipinski definition) is 2. The molecule has 0 radical (unpaired) electrons. The predicted octanol–water partition coefficient (Wildman–Crippen LogP) is 2.91. The number of nitrogens with zero attached hydrogens (tertiary/aromatic N) is 1. The van der Waals surface area contributed by atoms with Crippen LogP contribution in [0.2, 0.25) is 0 Å². The lowest BCUT2D eigenvalue weighted by molar-refractivity contribution is -0.115. The standard InChI is InChI=1S/C19H24N2O4S/c1-4-21(5-2)26(24,25)18-13-16(9-6-14(18)3)20-19(23)12-15-7-10-17(22)11-8-15/h6-11,13,22H,4-5,12H2,1-3H3,(H,20,23). The van der Waals surface area contributed by atoms with Crippen LogP contribution in [0.3, 0.4) is 0 Å². The van der Waals surface area contributed by atoms with Crippen LogP contribution >= 0.6 is 0 Å². The summed E-state index contributed by atoms with van der Waals surface area (Å²) in [5, 5.41) is 12.0. The van der Waals surface area contributed by atoms with Crippen molar-refractivity contribution in [2.75, 3.05) is 18.4 Å². The largest absolute Gasteiger partial charge is 0.508 e. The van der Waals surface area contributed by atoms with E-state index in [2.05, 4.69) is 5.32 Å². The molecule has 1 amide bonds. The van der Waals surface area contributed by atoms with E-state index in [1.54, 1.807) is 45.0 Å². The average molecular weight is 376 g/mol. The van der Waals surface area contributed by atoms with Gasteiger partial charge in [-0.1, -0.05) is 32.0 Å². The van der Waals surface area contributed by atoms with Crippen molar-refractivity contribution in [3.05, 3.63) is 53.6 Å². The molecule has 0 aliphatic carbocycles. The van der Waals surface area contributed by atoms with Gasteiger partial charge in [0.15, 0.2) is 0 Å². The monoisotopic (exact) mass is 376 g/mol. The number of phenolic OH excluding ortho intramolecular Hbond substituents is 1. The Morgan fingerprint density at radius 3 is 2.27 bits per heavy atom. The van der Waals surface area contributed by atoms with Gasteiger partial charge >= 0.3 is 0 Å². The molecular formula is C19H24N2O4S. The third-order valence-corrected chi connectivity index (χ3v) is 6.29. The number of rotatable bonds is 7. The Hall–Kier alpha value is -2.38. The maximum Gasteiger partial charge on any atom is 0.243 e. The van der Waals surface area contributed by atoms with E-state index in [9.17, 15) is 18.3 Å². The summed E-state index contributed by atoms with van der Waals surface area (Å²) in [5.74, 6) is -0.121. The van der Waals surface area contributed by atoms with Gasteiger partial charge in [-0.05, 0) is 42.3 Å². The van der Waals surface area contributed by atoms with Gasteiger partial charge in [0, 0.05) is 18.8 Å². The van der Waals surface area contributed by atoms with E-state index in [1.807, 2.05) is 0 Å². The Bertz CT molecular complexity index is 873. The molecule has 0 aromatic heterocycles. The highest BCUT2D eigenvalue weighted by molar-refractivity contribution is 7.89. The van der Waals surface area contributed by atoms with Gasteiger partial charge in [-0.2, -0.15) is 4.31 Å². The first kappa shape index (κ1) is 19.9. The Balaban J connectivity index is 2.21. The molecule has 0 atom stereocenters. The second kappa shape index (κ2) is 8.33. The smallest absolute Gasteiger partial charge is 0.243 e. The fourth-order valence-electron chi connectivity index (χ4n) is 2.66. The molecule has 0 saturated heterocycles. The summed E-state index contributed by atoms with van der Waals surface area (Å²) >= 11 is 0. The Labute approximate surface area is 154 Å². The third kappa shape index (κ3) is 4.62. The molecule has 0 spiro atoms. The number of carbonyl (C=O) groups excluding carboxylic acids is 1. The van der Waals surface area contributed by atoms with Gasteiger partial charge in [0.05, 0.1) is 11.3 Å². The number of aromatic hydroxyl groups is 1. The van der Waals surface area contributed by atoms with E-state index in [0.717, 1.165) is 5.56 Å². The summed E-state index contributed by atoms with van der Waals surface area (Å²) in [5.41, 5.74) is 1.82. The number of phenols is 1. The van der Waals surface area contributed by atoms with Crippen LogP contribution in [0.25, 0.3) is 0 Å². The number of carbonyl (C=O) groups is 1. The van der Waals surface area contributed by atoms with Gasteiger partial charge in [-0.15, -0.1) is 0 Å². The Morgan fingerprint density at radius 1 is 1.08 bits per heavy atom. The van der Waals surface area contributed by atoms with E-state index in [-0.39, 0.29) is 23.0 Å². The van der Waals surface area contributed by atoms with Crippen molar-refractivity contribution < 1.29 is 18.3 Å². The predicted molar refractivity (Wildman–Crippen MR) is 102 cm³/mol. The molecule has 2 aromatic rings. The van der Waals surface area contributed by atoms with Crippen molar-refractivity contribution in [3.63, 3.8) is 0 Å². The van der Waals surface area contributed by atoms with E-state index in [4.69, 9.17) is 0 Å². The van der Waals surface area contributed by atoms with Gasteiger partial charge in [-0.25, -0.2) is 8.42 Å². The summed E-state index contributed by atoms with van der Waals surface area (Å²) in [6, 6.07) is 11.2. The summed E-state index contributed by atoms with van der Waals surface area (Å²) < 4.78 is 26.9. The van der Waals surface area contributed by atoms with Gasteiger partial charge < -0.3 is 10.4 Å². The highest BCUT2D eigenvalue weighted by atomic mass is 32.2. The van der Waals surface area contributed by atoms with Crippen molar-refractivity contribution >= 4 is 21.6 Å². The second-order valence-electron chi connectivity index (χ2n) is 5.96. The summed E-state index contributed by atoms with van der Waals surface area (Å²) in [4.78, 5) is 12.4. The molecule has 26 heavy (non-hydrogen) atoms. The third-order valence-electron chi connectivity index (χ3n) is 4.10. The first-order valence-electron chi connectivity index (χ1n) is 8.46. The highest BCUT2D eigenvalue weighted by Crippen LogP contribution is 2.24. The molecule has 0 heterocycles. The molecule has 2 rings (SSSR count). The lowest BCUT2D eigenvalue weighted by atomic mass is 10.1. The normalized spacial score (nSPS) is 11.5. The van der Waals surface area contributed by atoms with Crippen molar-refractivity contribution in [2.24, 2.45) is 0 Å². The van der Waals surface area contributed by atoms with E-state index in [1.165, 1.54) is 22.5 Å². The zero-order valence-electron chi connectivity index (χ0n) is 15.2. The molecule has 2 N–H and O–H groups in total. The van der Waals surface area contributed by atoms with Crippen molar-refractivity contribution in [2.45, 2.75) is 32.1 Å². The van der Waals surface area contributed by atoms with Gasteiger partial charge in [0.25, 0.3) is 0 Å². The van der Waals surface area contributed by atoms with Crippen LogP contribution in [-0.2, 0) is 21.2 Å². The first-order valence-corrected chi connectivity index (χ1v) is 9.90. The van der Waals surface area contributed by atoms with Crippen molar-refractivity contribution in [3.8, 4) is 5.75 Å². The molecule has 0 unspecified atom stereocenters. The zero-order valence-corrected chi connectivity index (χ0v) is 16.0. The number of sulfonamides is 1. The molecule has 7 heteroatoms. The van der Waals surface area contributed by atoms with Crippen LogP contribution in [0.4, 0.5) is 5.69 Å². The van der Waals surface area contributed by atoms with E-state index < -0.39 is 10.0 Å². The molecule has 140 valence electrons. The lowest BCUT2D eigenvalue weighted by Gasteiger charge is -2.20. The molecule has 0 aliphatic heterocycles. The molecule has 0 bridgehead atoms. The minimum Gasteiger partial charge on any atom is -0.508 e. The van der Waals surface area contributed by atoms with E-state index in [0.29, 0.717) is 24.3 Å². The maximum atomic E-state index is 12.8. The number of hydrogen-bond acceptors (Lipinski definition) is 4. The molecule has 0 aliphatic rings. The minimum atomic E-state index is -3.60. The number of benzene rings is 2. The van der Waals surface area contributed by atoms with Crippen molar-refractivity contribution in [1.82, 2.24) is 4.31 Å². The maximum absolute atomic E-state index is 12.8. The van der Waals surface area contributed by atoms with Crippen LogP contribution in [-0.4, -0.2) is 36.8 Å². The summed E-state index contributed by atoms with van der Waals surface area (Å²) in [6.45, 7) is 6.09. The lowest BCUT2D eigenvalue weighted by Crippen LogP contribution is -2.31. The molecule has 0 fully saturated rings. The molecular weight excluding hydrogens is 352 g/mol. The van der Waals surface area contributed by atoms with Crippen LogP contribution in [0, 0.1) is 6.92 Å². The van der Waals surface area contributed by atoms with Crippen molar-refractivity contribution in [1.29, 1.82) is 0 Å².